The number of aryl methyl sites for hydroxylation is 2. The van der Waals surface area contributed by atoms with Crippen molar-refractivity contribution in [1.29, 1.82) is 0 Å². The van der Waals surface area contributed by atoms with Crippen molar-refractivity contribution in [2.24, 2.45) is 0 Å². The minimum absolute atomic E-state index is 0.0777. The third-order valence-electron chi connectivity index (χ3n) is 4.87. The maximum Gasteiger partial charge on any atom is 0.189 e. The Bertz CT molecular complexity index is 1080. The van der Waals surface area contributed by atoms with Crippen LogP contribution in [0.1, 0.15) is 27.0 Å². The molecule has 0 saturated heterocycles. The first-order chi connectivity index (χ1) is 14.8. The number of halogens is 1. The maximum atomic E-state index is 13.1. The van der Waals surface area contributed by atoms with Crippen LogP contribution in [-0.4, -0.2) is 37.9 Å². The Kier molecular flexibility index (Phi) is 7.83. The average molecular weight is 478 g/mol. The molecule has 0 atom stereocenters. The Labute approximate surface area is 193 Å². The van der Waals surface area contributed by atoms with Gasteiger partial charge in [0.1, 0.15) is 12.4 Å². The zero-order chi connectivity index (χ0) is 22.4. The molecule has 0 aliphatic heterocycles. The smallest absolute Gasteiger partial charge is 0.189 e. The molecule has 0 radical (unpaired) electrons. The highest BCUT2D eigenvalue weighted by Crippen LogP contribution is 2.29. The summed E-state index contributed by atoms with van der Waals surface area (Å²) < 4.78 is 6.95. The van der Waals surface area contributed by atoms with Gasteiger partial charge in [0.2, 0.25) is 0 Å². The summed E-state index contributed by atoms with van der Waals surface area (Å²) in [4.78, 5) is 15.2. The molecular weight excluding hydrogens is 450 g/mol. The summed E-state index contributed by atoms with van der Waals surface area (Å²) in [5, 5.41) is 0. The summed E-state index contributed by atoms with van der Waals surface area (Å²) in [6.45, 7) is 5.47. The number of ether oxygens (including phenoxy) is 1. The van der Waals surface area contributed by atoms with Gasteiger partial charge in [-0.05, 0) is 75.0 Å². The number of likely N-dealkylation sites (N-methyl/N-ethyl adjacent to an activating group) is 1. The lowest BCUT2D eigenvalue weighted by molar-refractivity contribution is 0.104. The molecule has 160 valence electrons. The number of hydrogen-bond donors (Lipinski definition) is 0. The van der Waals surface area contributed by atoms with Crippen LogP contribution in [0.5, 0.6) is 5.75 Å². The van der Waals surface area contributed by atoms with Gasteiger partial charge in [0.05, 0.1) is 5.56 Å². The third-order valence-corrected chi connectivity index (χ3v) is 5.37. The first-order valence-electron chi connectivity index (χ1n) is 10.3. The number of hydrogen-bond acceptors (Lipinski definition) is 3. The number of carbonyl (C=O) groups is 1. The van der Waals surface area contributed by atoms with Gasteiger partial charge in [-0.2, -0.15) is 0 Å². The van der Waals surface area contributed by atoms with E-state index in [-0.39, 0.29) is 5.78 Å². The summed E-state index contributed by atoms with van der Waals surface area (Å²) in [5.41, 5.74) is 6.03. The fourth-order valence-corrected chi connectivity index (χ4v) is 3.80. The van der Waals surface area contributed by atoms with Crippen molar-refractivity contribution in [3.63, 3.8) is 0 Å². The highest BCUT2D eigenvalue weighted by atomic mass is 79.9. The summed E-state index contributed by atoms with van der Waals surface area (Å²) in [7, 11) is 4.00. The van der Waals surface area contributed by atoms with E-state index in [4.69, 9.17) is 4.74 Å². The molecule has 3 rings (SSSR count). The number of allylic oxidation sites excluding steroid dienone is 1. The van der Waals surface area contributed by atoms with Crippen molar-refractivity contribution in [2.45, 2.75) is 13.8 Å². The molecule has 0 amide bonds. The van der Waals surface area contributed by atoms with E-state index in [0.717, 1.165) is 27.7 Å². The molecule has 31 heavy (non-hydrogen) atoms. The van der Waals surface area contributed by atoms with Crippen LogP contribution in [0.25, 0.3) is 17.2 Å². The first-order valence-corrected chi connectivity index (χ1v) is 11.1. The molecule has 0 saturated carbocycles. The Hall–Kier alpha value is -2.69. The molecule has 0 N–H and O–H groups in total. The van der Waals surface area contributed by atoms with E-state index >= 15 is 0 Å². The van der Waals surface area contributed by atoms with Gasteiger partial charge in [-0.25, -0.2) is 0 Å². The van der Waals surface area contributed by atoms with Crippen molar-refractivity contribution in [1.82, 2.24) is 4.90 Å². The van der Waals surface area contributed by atoms with Crippen molar-refractivity contribution in [3.05, 3.63) is 93.5 Å². The van der Waals surface area contributed by atoms with Crippen LogP contribution in [0, 0.1) is 13.8 Å². The lowest BCUT2D eigenvalue weighted by Crippen LogP contribution is -2.20. The Morgan fingerprint density at radius 1 is 0.968 bits per heavy atom. The fraction of sp³-hybridized carbons (Fsp3) is 0.222. The number of ketones is 1. The normalized spacial score (nSPS) is 11.3. The molecule has 0 bridgehead atoms. The summed E-state index contributed by atoms with van der Waals surface area (Å²) in [6, 6.07) is 20.1. The first kappa shape index (κ1) is 23.0. The Morgan fingerprint density at radius 3 is 2.39 bits per heavy atom. The number of carbonyl (C=O) groups excluding carboxylic acids is 1. The van der Waals surface area contributed by atoms with Crippen LogP contribution in [0.15, 0.2) is 71.2 Å². The number of benzene rings is 3. The predicted octanol–water partition coefficient (Wildman–Crippen LogP) is 6.57. The van der Waals surface area contributed by atoms with Gasteiger partial charge in [0, 0.05) is 11.0 Å². The second-order valence-electron chi connectivity index (χ2n) is 7.99. The van der Waals surface area contributed by atoms with E-state index in [0.29, 0.717) is 17.9 Å². The molecule has 0 fully saturated rings. The van der Waals surface area contributed by atoms with E-state index in [1.165, 1.54) is 11.1 Å². The van der Waals surface area contributed by atoms with Gasteiger partial charge >= 0.3 is 0 Å². The van der Waals surface area contributed by atoms with Crippen molar-refractivity contribution in [2.75, 3.05) is 27.2 Å². The van der Waals surface area contributed by atoms with Crippen molar-refractivity contribution < 1.29 is 9.53 Å². The van der Waals surface area contributed by atoms with Gasteiger partial charge in [-0.3, -0.25) is 4.79 Å². The second-order valence-corrected chi connectivity index (χ2v) is 8.91. The van der Waals surface area contributed by atoms with Crippen LogP contribution in [-0.2, 0) is 0 Å². The van der Waals surface area contributed by atoms with Crippen LogP contribution in [0.3, 0.4) is 0 Å². The van der Waals surface area contributed by atoms with E-state index in [9.17, 15) is 4.79 Å². The van der Waals surface area contributed by atoms with E-state index in [2.05, 4.69) is 52.9 Å². The largest absolute Gasteiger partial charge is 0.491 e. The van der Waals surface area contributed by atoms with E-state index in [1.807, 2.05) is 62.6 Å². The summed E-state index contributed by atoms with van der Waals surface area (Å²) in [6.07, 6.45) is 3.45. The zero-order valence-electron chi connectivity index (χ0n) is 18.5. The van der Waals surface area contributed by atoms with Gasteiger partial charge in [0.25, 0.3) is 0 Å². The van der Waals surface area contributed by atoms with Crippen LogP contribution >= 0.6 is 15.9 Å². The highest BCUT2D eigenvalue weighted by molar-refractivity contribution is 9.10. The topological polar surface area (TPSA) is 29.5 Å². The summed E-state index contributed by atoms with van der Waals surface area (Å²) >= 11 is 3.47. The molecule has 4 heteroatoms. The van der Waals surface area contributed by atoms with Gasteiger partial charge in [-0.15, -0.1) is 0 Å². The Morgan fingerprint density at radius 2 is 1.71 bits per heavy atom. The van der Waals surface area contributed by atoms with Gasteiger partial charge < -0.3 is 9.64 Å². The van der Waals surface area contributed by atoms with Gasteiger partial charge in [0.15, 0.2) is 5.78 Å². The second kappa shape index (κ2) is 10.6. The third kappa shape index (κ3) is 6.65. The monoisotopic (exact) mass is 477 g/mol. The van der Waals surface area contributed by atoms with E-state index in [1.54, 1.807) is 6.08 Å². The molecule has 0 aliphatic carbocycles. The molecule has 0 spiro atoms. The van der Waals surface area contributed by atoms with Crippen molar-refractivity contribution >= 4 is 27.8 Å². The molecule has 3 aromatic carbocycles. The molecule has 0 heterocycles. The van der Waals surface area contributed by atoms with Crippen LogP contribution < -0.4 is 4.74 Å². The van der Waals surface area contributed by atoms with Crippen molar-refractivity contribution in [3.8, 4) is 16.9 Å². The quantitative estimate of drug-likeness (QED) is 0.271. The van der Waals surface area contributed by atoms with E-state index < -0.39 is 0 Å². The fourth-order valence-electron chi connectivity index (χ4n) is 3.38. The molecule has 3 aromatic rings. The predicted molar refractivity (Wildman–Crippen MR) is 133 cm³/mol. The molecule has 3 nitrogen and oxygen atoms in total. The SMILES string of the molecule is Cc1cc(C)cc(-c2ccc(OCCN(C)C)c(C(=O)/C=C/c3cccc(Br)c3)c2)c1. The minimum Gasteiger partial charge on any atom is -0.491 e. The van der Waals surface area contributed by atoms with Crippen LogP contribution in [0.2, 0.25) is 0 Å². The molecule has 0 unspecified atom stereocenters. The lowest BCUT2D eigenvalue weighted by Gasteiger charge is -2.14. The molecule has 0 aromatic heterocycles. The lowest BCUT2D eigenvalue weighted by atomic mass is 9.97. The number of nitrogens with zero attached hydrogens (tertiary/aromatic N) is 1. The Balaban J connectivity index is 1.95. The minimum atomic E-state index is -0.0777. The molecular formula is C27H28BrNO2. The maximum absolute atomic E-state index is 13.1. The highest BCUT2D eigenvalue weighted by Gasteiger charge is 2.13. The van der Waals surface area contributed by atoms with Gasteiger partial charge in [-0.1, -0.05) is 69.5 Å². The average Bonchev–Trinajstić information content (AvgIpc) is 2.71. The molecule has 0 aliphatic rings. The summed E-state index contributed by atoms with van der Waals surface area (Å²) in [5.74, 6) is 0.532. The standard InChI is InChI=1S/C27H28BrNO2/c1-19-14-20(2)16-23(15-19)22-9-11-27(31-13-12-29(3)4)25(18-22)26(30)10-8-21-6-5-7-24(28)17-21/h5-11,14-18H,12-13H2,1-4H3/b10-8+. The van der Waals surface area contributed by atoms with Crippen LogP contribution in [0.4, 0.5) is 0 Å². The number of rotatable bonds is 8. The zero-order valence-corrected chi connectivity index (χ0v) is 20.1.